The van der Waals surface area contributed by atoms with E-state index in [9.17, 15) is 9.90 Å². The molecule has 3 rings (SSSR count). The van der Waals surface area contributed by atoms with Gasteiger partial charge in [0.05, 0.1) is 5.56 Å². The molecule has 0 unspecified atom stereocenters. The maximum Gasteiger partial charge on any atom is 0.337 e. The topological polar surface area (TPSA) is 49.3 Å². The van der Waals surface area contributed by atoms with Crippen molar-refractivity contribution in [3.63, 3.8) is 0 Å². The van der Waals surface area contributed by atoms with Crippen LogP contribution in [0.2, 0.25) is 0 Å². The Morgan fingerprint density at radius 2 is 2.08 bits per heavy atom. The first-order valence-electron chi connectivity index (χ1n) is 8.53. The van der Waals surface area contributed by atoms with Gasteiger partial charge in [-0.15, -0.1) is 11.3 Å². The summed E-state index contributed by atoms with van der Waals surface area (Å²) in [5.74, 6) is -0.788. The number of aromatic carboxylic acids is 1. The number of hydrogen-bond donors (Lipinski definition) is 2. The smallest absolute Gasteiger partial charge is 0.337 e. The van der Waals surface area contributed by atoms with Gasteiger partial charge >= 0.3 is 5.97 Å². The average Bonchev–Trinajstić information content (AvgIpc) is 2.90. The van der Waals surface area contributed by atoms with Crippen LogP contribution in [0, 0.1) is 5.41 Å². The van der Waals surface area contributed by atoms with Gasteiger partial charge in [-0.05, 0) is 61.4 Å². The van der Waals surface area contributed by atoms with E-state index in [1.807, 2.05) is 19.2 Å². The highest BCUT2D eigenvalue weighted by molar-refractivity contribution is 7.16. The highest BCUT2D eigenvalue weighted by Gasteiger charge is 2.33. The van der Waals surface area contributed by atoms with Crippen LogP contribution in [0.5, 0.6) is 0 Å². The zero-order valence-corrected chi connectivity index (χ0v) is 15.4. The summed E-state index contributed by atoms with van der Waals surface area (Å²) in [6.45, 7) is 5.36. The van der Waals surface area contributed by atoms with Crippen molar-refractivity contribution < 1.29 is 9.90 Å². The number of carboxylic acids is 1. The molecule has 0 bridgehead atoms. The molecular formula is C20H25NO2S. The third-order valence-electron chi connectivity index (χ3n) is 4.90. The van der Waals surface area contributed by atoms with E-state index in [4.69, 9.17) is 0 Å². The molecular weight excluding hydrogens is 318 g/mol. The predicted molar refractivity (Wildman–Crippen MR) is 100 cm³/mol. The minimum atomic E-state index is -0.788. The average molecular weight is 343 g/mol. The molecule has 3 nitrogen and oxygen atoms in total. The molecule has 0 saturated heterocycles. The first-order valence-corrected chi connectivity index (χ1v) is 9.35. The fourth-order valence-corrected chi connectivity index (χ4v) is 4.93. The number of thiophene rings is 1. The minimum absolute atomic E-state index is 0.182. The SMILES string of the molecule is CNCCc1ccccc1-c1sc2c(c1C(=O)O)CC(C)(C)CC2. The molecule has 0 radical (unpaired) electrons. The zero-order valence-electron chi connectivity index (χ0n) is 14.6. The fourth-order valence-electron chi connectivity index (χ4n) is 3.56. The van der Waals surface area contributed by atoms with E-state index in [0.717, 1.165) is 48.2 Å². The minimum Gasteiger partial charge on any atom is -0.478 e. The molecule has 0 amide bonds. The van der Waals surface area contributed by atoms with Gasteiger partial charge in [0, 0.05) is 9.75 Å². The van der Waals surface area contributed by atoms with Gasteiger partial charge in [-0.25, -0.2) is 4.79 Å². The number of hydrogen-bond acceptors (Lipinski definition) is 3. The number of aryl methyl sites for hydroxylation is 1. The summed E-state index contributed by atoms with van der Waals surface area (Å²) in [5, 5.41) is 13.1. The van der Waals surface area contributed by atoms with Crippen LogP contribution in [-0.4, -0.2) is 24.7 Å². The van der Waals surface area contributed by atoms with E-state index in [0.29, 0.717) is 5.56 Å². The number of carbonyl (C=O) groups is 1. The number of likely N-dealkylation sites (N-methyl/N-ethyl adjacent to an activating group) is 1. The normalized spacial score (nSPS) is 16.0. The Kier molecular flexibility index (Phi) is 4.79. The van der Waals surface area contributed by atoms with Gasteiger partial charge in [0.2, 0.25) is 0 Å². The largest absolute Gasteiger partial charge is 0.478 e. The zero-order chi connectivity index (χ0) is 17.3. The van der Waals surface area contributed by atoms with Crippen molar-refractivity contribution in [3.05, 3.63) is 45.8 Å². The number of fused-ring (bicyclic) bond motifs is 1. The van der Waals surface area contributed by atoms with Crippen molar-refractivity contribution in [2.75, 3.05) is 13.6 Å². The number of benzene rings is 1. The quantitative estimate of drug-likeness (QED) is 0.846. The maximum atomic E-state index is 12.1. The molecule has 128 valence electrons. The van der Waals surface area contributed by atoms with Crippen molar-refractivity contribution >= 4 is 17.3 Å². The van der Waals surface area contributed by atoms with E-state index < -0.39 is 5.97 Å². The van der Waals surface area contributed by atoms with Crippen LogP contribution in [0.15, 0.2) is 24.3 Å². The Bertz CT molecular complexity index is 761. The lowest BCUT2D eigenvalue weighted by molar-refractivity contribution is 0.0696. The number of rotatable bonds is 5. The number of nitrogens with one attached hydrogen (secondary N) is 1. The molecule has 24 heavy (non-hydrogen) atoms. The molecule has 4 heteroatoms. The van der Waals surface area contributed by atoms with Gasteiger partial charge < -0.3 is 10.4 Å². The van der Waals surface area contributed by atoms with E-state index >= 15 is 0 Å². The second kappa shape index (κ2) is 6.69. The standard InChI is InChI=1S/C20H25NO2S/c1-20(2)10-8-16-15(12-20)17(19(22)23)18(24-16)14-7-5-4-6-13(14)9-11-21-3/h4-7,21H,8-12H2,1-3H3,(H,22,23). The van der Waals surface area contributed by atoms with Crippen molar-refractivity contribution in [3.8, 4) is 10.4 Å². The van der Waals surface area contributed by atoms with Crippen molar-refractivity contribution in [2.24, 2.45) is 5.41 Å². The van der Waals surface area contributed by atoms with Crippen LogP contribution in [0.25, 0.3) is 10.4 Å². The summed E-state index contributed by atoms with van der Waals surface area (Å²) in [5.41, 5.74) is 4.10. The lowest BCUT2D eigenvalue weighted by atomic mass is 9.76. The molecule has 2 N–H and O–H groups in total. The molecule has 1 aromatic heterocycles. The first-order chi connectivity index (χ1) is 11.4. The molecule has 0 spiro atoms. The van der Waals surface area contributed by atoms with Crippen molar-refractivity contribution in [2.45, 2.75) is 39.5 Å². The molecule has 1 aliphatic carbocycles. The molecule has 1 heterocycles. The Morgan fingerprint density at radius 3 is 2.79 bits per heavy atom. The summed E-state index contributed by atoms with van der Waals surface area (Å²) in [4.78, 5) is 14.3. The van der Waals surface area contributed by atoms with Crippen molar-refractivity contribution in [1.82, 2.24) is 5.32 Å². The van der Waals surface area contributed by atoms with Gasteiger partial charge in [-0.2, -0.15) is 0 Å². The van der Waals surface area contributed by atoms with Crippen LogP contribution in [0.4, 0.5) is 0 Å². The lowest BCUT2D eigenvalue weighted by Crippen LogP contribution is -2.22. The first kappa shape index (κ1) is 17.2. The second-order valence-corrected chi connectivity index (χ2v) is 8.47. The Balaban J connectivity index is 2.13. The van der Waals surface area contributed by atoms with Crippen LogP contribution in [0.1, 0.15) is 46.6 Å². The highest BCUT2D eigenvalue weighted by atomic mass is 32.1. The van der Waals surface area contributed by atoms with E-state index in [-0.39, 0.29) is 5.41 Å². The molecule has 0 saturated carbocycles. The summed E-state index contributed by atoms with van der Waals surface area (Å²) >= 11 is 1.69. The second-order valence-electron chi connectivity index (χ2n) is 7.36. The molecule has 2 aromatic rings. The molecule has 1 aliphatic rings. The number of carboxylic acid groups (broad SMARTS) is 1. The molecule has 0 atom stereocenters. The third-order valence-corrected chi connectivity index (χ3v) is 6.22. The lowest BCUT2D eigenvalue weighted by Gasteiger charge is -2.29. The van der Waals surface area contributed by atoms with E-state index in [1.54, 1.807) is 11.3 Å². The summed E-state index contributed by atoms with van der Waals surface area (Å²) in [6.07, 6.45) is 3.88. The summed E-state index contributed by atoms with van der Waals surface area (Å²) in [6, 6.07) is 8.22. The Morgan fingerprint density at radius 1 is 1.33 bits per heavy atom. The van der Waals surface area contributed by atoms with Gasteiger partial charge in [0.1, 0.15) is 0 Å². The molecule has 0 fully saturated rings. The van der Waals surface area contributed by atoms with Gasteiger partial charge in [0.25, 0.3) is 0 Å². The molecule has 1 aromatic carbocycles. The Labute approximate surface area is 147 Å². The highest BCUT2D eigenvalue weighted by Crippen LogP contribution is 2.45. The van der Waals surface area contributed by atoms with Crippen molar-refractivity contribution in [1.29, 1.82) is 0 Å². The van der Waals surface area contributed by atoms with Gasteiger partial charge in [0.15, 0.2) is 0 Å². The van der Waals surface area contributed by atoms with Crippen LogP contribution >= 0.6 is 11.3 Å². The van der Waals surface area contributed by atoms with Crippen LogP contribution < -0.4 is 5.32 Å². The van der Waals surface area contributed by atoms with Gasteiger partial charge in [-0.3, -0.25) is 0 Å². The Hall–Kier alpha value is -1.65. The maximum absolute atomic E-state index is 12.1. The summed E-state index contributed by atoms with van der Waals surface area (Å²) < 4.78 is 0. The summed E-state index contributed by atoms with van der Waals surface area (Å²) in [7, 11) is 1.94. The predicted octanol–water partition coefficient (Wildman–Crippen LogP) is 4.39. The van der Waals surface area contributed by atoms with E-state index in [2.05, 4.69) is 31.3 Å². The fraction of sp³-hybridized carbons (Fsp3) is 0.450. The molecule has 0 aliphatic heterocycles. The van der Waals surface area contributed by atoms with Crippen LogP contribution in [-0.2, 0) is 19.3 Å². The van der Waals surface area contributed by atoms with Crippen LogP contribution in [0.3, 0.4) is 0 Å². The monoisotopic (exact) mass is 343 g/mol. The third kappa shape index (κ3) is 3.26. The van der Waals surface area contributed by atoms with E-state index in [1.165, 1.54) is 10.4 Å². The van der Waals surface area contributed by atoms with Gasteiger partial charge in [-0.1, -0.05) is 38.1 Å².